The van der Waals surface area contributed by atoms with E-state index in [9.17, 15) is 0 Å². The van der Waals surface area contributed by atoms with Gasteiger partial charge in [-0.2, -0.15) is 10.2 Å². The maximum atomic E-state index is 5.51. The number of rotatable bonds is 4. The smallest absolute Gasteiger partial charge is 0.0950 e. The predicted octanol–water partition coefficient (Wildman–Crippen LogP) is 1.74. The monoisotopic (exact) mass is 246 g/mol. The average Bonchev–Trinajstić information content (AvgIpc) is 2.35. The Balaban J connectivity index is 2.31. The van der Waals surface area contributed by atoms with Crippen molar-refractivity contribution in [2.45, 2.75) is 6.42 Å². The van der Waals surface area contributed by atoms with Crippen molar-refractivity contribution in [3.05, 3.63) is 30.5 Å². The van der Waals surface area contributed by atoms with Crippen LogP contribution < -0.4 is 10.6 Å². The first-order chi connectivity index (χ1) is 8.18. The fraction of sp³-hybridized carbons (Fsp3) is 0.250. The van der Waals surface area contributed by atoms with Crippen LogP contribution in [0.15, 0.2) is 30.5 Å². The molecule has 4 nitrogen and oxygen atoms in total. The predicted molar refractivity (Wildman–Crippen MR) is 74.2 cm³/mol. The number of aromatic nitrogens is 2. The molecule has 0 bridgehead atoms. The minimum absolute atomic E-state index is 0.531. The molecule has 2 N–H and O–H groups in total. The molecule has 0 unspecified atom stereocenters. The number of hydrogen-bond donors (Lipinski definition) is 1. The Hall–Kier alpha value is -1.75. The van der Waals surface area contributed by atoms with Crippen molar-refractivity contribution in [2.75, 3.05) is 18.5 Å². The minimum atomic E-state index is 0.531. The molecule has 2 aromatic rings. The highest BCUT2D eigenvalue weighted by Crippen LogP contribution is 2.22. The highest BCUT2D eigenvalue weighted by atomic mass is 32.1. The molecule has 1 heterocycles. The van der Waals surface area contributed by atoms with E-state index >= 15 is 0 Å². The molecule has 0 saturated heterocycles. The second kappa shape index (κ2) is 5.05. The summed E-state index contributed by atoms with van der Waals surface area (Å²) in [5.74, 6) is 0. The van der Waals surface area contributed by atoms with E-state index in [0.29, 0.717) is 11.4 Å². The number of hydrogen-bond acceptors (Lipinski definition) is 4. The third kappa shape index (κ3) is 2.68. The van der Waals surface area contributed by atoms with Gasteiger partial charge in [-0.25, -0.2) is 0 Å². The Morgan fingerprint density at radius 3 is 2.94 bits per heavy atom. The van der Waals surface area contributed by atoms with E-state index in [1.165, 1.54) is 0 Å². The van der Waals surface area contributed by atoms with Crippen LogP contribution in [0.25, 0.3) is 10.9 Å². The fourth-order valence-corrected chi connectivity index (χ4v) is 1.79. The highest BCUT2D eigenvalue weighted by molar-refractivity contribution is 7.80. The van der Waals surface area contributed by atoms with Gasteiger partial charge in [0.25, 0.3) is 0 Å². The Kier molecular flexibility index (Phi) is 3.49. The summed E-state index contributed by atoms with van der Waals surface area (Å²) in [5.41, 5.74) is 7.45. The van der Waals surface area contributed by atoms with Gasteiger partial charge in [-0.05, 0) is 6.07 Å². The van der Waals surface area contributed by atoms with E-state index in [2.05, 4.69) is 15.1 Å². The molecule has 1 aromatic heterocycles. The van der Waals surface area contributed by atoms with Crippen LogP contribution in [0.2, 0.25) is 0 Å². The van der Waals surface area contributed by atoms with Crippen molar-refractivity contribution in [1.82, 2.24) is 10.2 Å². The Labute approximate surface area is 105 Å². The van der Waals surface area contributed by atoms with Crippen LogP contribution in [-0.4, -0.2) is 28.8 Å². The van der Waals surface area contributed by atoms with Crippen LogP contribution in [0, 0.1) is 0 Å². The van der Waals surface area contributed by atoms with Crippen LogP contribution in [0.1, 0.15) is 6.42 Å². The van der Waals surface area contributed by atoms with Crippen LogP contribution in [0.3, 0.4) is 0 Å². The van der Waals surface area contributed by atoms with Gasteiger partial charge >= 0.3 is 0 Å². The Bertz CT molecular complexity index is 536. The summed E-state index contributed by atoms with van der Waals surface area (Å²) in [7, 11) is 2.00. The Morgan fingerprint density at radius 2 is 2.18 bits per heavy atom. The maximum absolute atomic E-state index is 5.51. The van der Waals surface area contributed by atoms with Crippen molar-refractivity contribution in [2.24, 2.45) is 5.73 Å². The maximum Gasteiger partial charge on any atom is 0.0950 e. The van der Waals surface area contributed by atoms with Crippen molar-refractivity contribution in [3.8, 4) is 0 Å². The topological polar surface area (TPSA) is 55.0 Å². The molecule has 0 spiro atoms. The molecule has 0 amide bonds. The largest absolute Gasteiger partial charge is 0.393 e. The van der Waals surface area contributed by atoms with Crippen molar-refractivity contribution >= 4 is 33.8 Å². The van der Waals surface area contributed by atoms with Gasteiger partial charge in [-0.3, -0.25) is 0 Å². The zero-order valence-electron chi connectivity index (χ0n) is 9.63. The molecule has 0 aliphatic rings. The lowest BCUT2D eigenvalue weighted by atomic mass is 10.2. The lowest BCUT2D eigenvalue weighted by Crippen LogP contribution is -2.23. The molecule has 17 heavy (non-hydrogen) atoms. The SMILES string of the molecule is CN(CCC(N)=S)c1cnnc2ccccc12. The van der Waals surface area contributed by atoms with Crippen LogP contribution >= 0.6 is 12.2 Å². The molecule has 1 aromatic carbocycles. The lowest BCUT2D eigenvalue weighted by Gasteiger charge is -2.19. The van der Waals surface area contributed by atoms with E-state index < -0.39 is 0 Å². The number of nitrogens with two attached hydrogens (primary N) is 1. The molecule has 0 fully saturated rings. The summed E-state index contributed by atoms with van der Waals surface area (Å²) in [6.07, 6.45) is 2.46. The number of thiocarbonyl (C=S) groups is 1. The van der Waals surface area contributed by atoms with E-state index in [1.807, 2.05) is 31.3 Å². The molecule has 2 rings (SSSR count). The third-order valence-corrected chi connectivity index (χ3v) is 2.83. The second-order valence-electron chi connectivity index (χ2n) is 3.88. The first-order valence-electron chi connectivity index (χ1n) is 5.38. The molecule has 0 atom stereocenters. The fourth-order valence-electron chi connectivity index (χ4n) is 1.70. The molecular formula is C12H14N4S. The van der Waals surface area contributed by atoms with Gasteiger partial charge in [0, 0.05) is 25.4 Å². The van der Waals surface area contributed by atoms with Crippen molar-refractivity contribution < 1.29 is 0 Å². The molecule has 5 heteroatoms. The first-order valence-corrected chi connectivity index (χ1v) is 5.79. The first kappa shape index (κ1) is 11.7. The zero-order chi connectivity index (χ0) is 12.3. The van der Waals surface area contributed by atoms with Crippen LogP contribution in [-0.2, 0) is 0 Å². The zero-order valence-corrected chi connectivity index (χ0v) is 10.4. The van der Waals surface area contributed by atoms with E-state index in [1.54, 1.807) is 6.20 Å². The van der Waals surface area contributed by atoms with Crippen LogP contribution in [0.4, 0.5) is 5.69 Å². The number of anilines is 1. The molecule has 0 aliphatic heterocycles. The third-order valence-electron chi connectivity index (χ3n) is 2.63. The summed E-state index contributed by atoms with van der Waals surface area (Å²) < 4.78 is 0. The molecule has 0 saturated carbocycles. The Morgan fingerprint density at radius 1 is 1.41 bits per heavy atom. The summed E-state index contributed by atoms with van der Waals surface area (Å²) in [5, 5.41) is 9.19. The summed E-state index contributed by atoms with van der Waals surface area (Å²) in [6, 6.07) is 7.94. The summed E-state index contributed by atoms with van der Waals surface area (Å²) >= 11 is 4.88. The number of fused-ring (bicyclic) bond motifs is 1. The van der Waals surface area contributed by atoms with Crippen LogP contribution in [0.5, 0.6) is 0 Å². The molecule has 88 valence electrons. The lowest BCUT2D eigenvalue weighted by molar-refractivity contribution is 0.914. The molecule has 0 aliphatic carbocycles. The van der Waals surface area contributed by atoms with E-state index in [-0.39, 0.29) is 0 Å². The van der Waals surface area contributed by atoms with E-state index in [0.717, 1.165) is 23.1 Å². The van der Waals surface area contributed by atoms with E-state index in [4.69, 9.17) is 18.0 Å². The van der Waals surface area contributed by atoms with Gasteiger partial charge in [0.2, 0.25) is 0 Å². The number of benzene rings is 1. The van der Waals surface area contributed by atoms with Gasteiger partial charge in [0.05, 0.1) is 22.4 Å². The summed E-state index contributed by atoms with van der Waals surface area (Å²) in [6.45, 7) is 0.783. The molecular weight excluding hydrogens is 232 g/mol. The second-order valence-corrected chi connectivity index (χ2v) is 4.41. The molecule has 0 radical (unpaired) electrons. The average molecular weight is 246 g/mol. The van der Waals surface area contributed by atoms with Gasteiger partial charge in [-0.1, -0.05) is 30.4 Å². The highest BCUT2D eigenvalue weighted by Gasteiger charge is 2.07. The van der Waals surface area contributed by atoms with Crippen molar-refractivity contribution in [1.29, 1.82) is 0 Å². The minimum Gasteiger partial charge on any atom is -0.393 e. The normalized spacial score (nSPS) is 10.4. The number of nitrogens with zero attached hydrogens (tertiary/aromatic N) is 3. The van der Waals surface area contributed by atoms with Crippen molar-refractivity contribution in [3.63, 3.8) is 0 Å². The standard InChI is InChI=1S/C12H14N4S/c1-16(7-6-12(13)17)11-8-14-15-10-5-3-2-4-9(10)11/h2-5,8H,6-7H2,1H3,(H2,13,17). The van der Waals surface area contributed by atoms with Gasteiger partial charge in [0.1, 0.15) is 0 Å². The summed E-state index contributed by atoms with van der Waals surface area (Å²) in [4.78, 5) is 2.62. The van der Waals surface area contributed by atoms with Gasteiger partial charge in [0.15, 0.2) is 0 Å². The van der Waals surface area contributed by atoms with Gasteiger partial charge in [-0.15, -0.1) is 0 Å². The quantitative estimate of drug-likeness (QED) is 0.833. The van der Waals surface area contributed by atoms with Gasteiger partial charge < -0.3 is 10.6 Å².